The van der Waals surface area contributed by atoms with Crippen molar-refractivity contribution in [3.05, 3.63) is 0 Å². The van der Waals surface area contributed by atoms with Gasteiger partial charge in [-0.1, -0.05) is 32.1 Å². The lowest BCUT2D eigenvalue weighted by atomic mass is 9.90. The van der Waals surface area contributed by atoms with E-state index in [1.54, 1.807) is 0 Å². The van der Waals surface area contributed by atoms with Gasteiger partial charge in [0.15, 0.2) is 0 Å². The molecular formula is C14H23NO4. The van der Waals surface area contributed by atoms with Crippen LogP contribution in [0.4, 0.5) is 0 Å². The third-order valence-corrected chi connectivity index (χ3v) is 4.30. The molecule has 0 aromatic carbocycles. The van der Waals surface area contributed by atoms with Crippen LogP contribution in [0, 0.1) is 5.92 Å². The van der Waals surface area contributed by atoms with E-state index < -0.39 is 18.1 Å². The maximum Gasteiger partial charge on any atom is 0.326 e. The number of carbonyl (C=O) groups is 2. The quantitative estimate of drug-likeness (QED) is 0.794. The zero-order valence-corrected chi connectivity index (χ0v) is 11.3. The first-order chi connectivity index (χ1) is 9.09. The zero-order valence-electron chi connectivity index (χ0n) is 11.3. The monoisotopic (exact) mass is 269 g/mol. The highest BCUT2D eigenvalue weighted by molar-refractivity contribution is 5.85. The Morgan fingerprint density at radius 1 is 1.00 bits per heavy atom. The smallest absolute Gasteiger partial charge is 0.326 e. The summed E-state index contributed by atoms with van der Waals surface area (Å²) in [7, 11) is 0. The van der Waals surface area contributed by atoms with E-state index in [4.69, 9.17) is 5.11 Å². The van der Waals surface area contributed by atoms with E-state index in [9.17, 15) is 14.7 Å². The Bertz CT molecular complexity index is 336. The first-order valence-electron chi connectivity index (χ1n) is 7.31. The highest BCUT2D eigenvalue weighted by atomic mass is 16.4. The molecule has 1 unspecified atom stereocenters. The van der Waals surface area contributed by atoms with Crippen LogP contribution in [-0.2, 0) is 9.59 Å². The molecule has 0 spiro atoms. The number of aliphatic hydroxyl groups is 1. The lowest BCUT2D eigenvalue weighted by molar-refractivity contribution is -0.150. The van der Waals surface area contributed by atoms with Gasteiger partial charge in [0.05, 0.1) is 6.10 Å². The molecule has 0 aromatic heterocycles. The summed E-state index contributed by atoms with van der Waals surface area (Å²) in [6.45, 7) is 0.173. The SMILES string of the molecule is O=C(O)[C@@H]1CC(O)CN1C(=O)C1CCCCCCC1. The molecular weight excluding hydrogens is 246 g/mol. The Kier molecular flexibility index (Phi) is 4.80. The van der Waals surface area contributed by atoms with Crippen molar-refractivity contribution in [1.82, 2.24) is 4.90 Å². The molecule has 2 N–H and O–H groups in total. The van der Waals surface area contributed by atoms with Crippen molar-refractivity contribution in [2.45, 2.75) is 63.5 Å². The van der Waals surface area contributed by atoms with Crippen LogP contribution in [0.3, 0.4) is 0 Å². The Morgan fingerprint density at radius 2 is 1.58 bits per heavy atom. The zero-order chi connectivity index (χ0) is 13.8. The van der Waals surface area contributed by atoms with E-state index in [-0.39, 0.29) is 24.8 Å². The van der Waals surface area contributed by atoms with Crippen LogP contribution in [-0.4, -0.2) is 45.7 Å². The Balaban J connectivity index is 2.02. The summed E-state index contributed by atoms with van der Waals surface area (Å²) < 4.78 is 0. The van der Waals surface area contributed by atoms with E-state index >= 15 is 0 Å². The summed E-state index contributed by atoms with van der Waals surface area (Å²) in [5.41, 5.74) is 0. The van der Waals surface area contributed by atoms with Crippen molar-refractivity contribution in [2.75, 3.05) is 6.54 Å². The number of rotatable bonds is 2. The van der Waals surface area contributed by atoms with Crippen LogP contribution in [0.15, 0.2) is 0 Å². The lowest BCUT2D eigenvalue weighted by Crippen LogP contribution is -2.43. The number of likely N-dealkylation sites (tertiary alicyclic amines) is 1. The molecule has 19 heavy (non-hydrogen) atoms. The van der Waals surface area contributed by atoms with E-state index in [0.29, 0.717) is 0 Å². The molecule has 1 saturated carbocycles. The normalized spacial score (nSPS) is 29.8. The molecule has 2 aliphatic rings. The van der Waals surface area contributed by atoms with E-state index in [0.717, 1.165) is 38.5 Å². The van der Waals surface area contributed by atoms with Gasteiger partial charge in [-0.2, -0.15) is 0 Å². The van der Waals surface area contributed by atoms with Crippen LogP contribution in [0.25, 0.3) is 0 Å². The topological polar surface area (TPSA) is 77.8 Å². The van der Waals surface area contributed by atoms with Crippen molar-refractivity contribution in [1.29, 1.82) is 0 Å². The predicted octanol–water partition coefficient (Wildman–Crippen LogP) is 1.39. The molecule has 1 aliphatic heterocycles. The minimum absolute atomic E-state index is 0.0487. The van der Waals surface area contributed by atoms with Gasteiger partial charge in [-0.25, -0.2) is 4.79 Å². The Hall–Kier alpha value is -1.10. The number of β-amino-alcohol motifs (C(OH)–C–C–N with tert-alkyl or cyclic N) is 1. The van der Waals surface area contributed by atoms with Gasteiger partial charge in [0, 0.05) is 18.9 Å². The van der Waals surface area contributed by atoms with E-state index in [1.165, 1.54) is 11.3 Å². The van der Waals surface area contributed by atoms with Crippen molar-refractivity contribution in [2.24, 2.45) is 5.92 Å². The lowest BCUT2D eigenvalue weighted by Gasteiger charge is -2.27. The van der Waals surface area contributed by atoms with Crippen LogP contribution in [0.1, 0.15) is 51.4 Å². The van der Waals surface area contributed by atoms with Crippen LogP contribution in [0.2, 0.25) is 0 Å². The molecule has 5 heteroatoms. The number of aliphatic hydroxyl groups excluding tert-OH is 1. The second-order valence-electron chi connectivity index (χ2n) is 5.78. The van der Waals surface area contributed by atoms with Crippen molar-refractivity contribution in [3.8, 4) is 0 Å². The van der Waals surface area contributed by atoms with Crippen LogP contribution < -0.4 is 0 Å². The van der Waals surface area contributed by atoms with Crippen molar-refractivity contribution < 1.29 is 19.8 Å². The van der Waals surface area contributed by atoms with Gasteiger partial charge in [-0.05, 0) is 12.8 Å². The van der Waals surface area contributed by atoms with Gasteiger partial charge in [-0.15, -0.1) is 0 Å². The minimum Gasteiger partial charge on any atom is -0.480 e. The Morgan fingerprint density at radius 3 is 2.16 bits per heavy atom. The number of hydrogen-bond acceptors (Lipinski definition) is 3. The second kappa shape index (κ2) is 6.37. The average molecular weight is 269 g/mol. The van der Waals surface area contributed by atoms with Gasteiger partial charge < -0.3 is 15.1 Å². The fraction of sp³-hybridized carbons (Fsp3) is 0.857. The third-order valence-electron chi connectivity index (χ3n) is 4.30. The minimum atomic E-state index is -1.00. The number of nitrogens with zero attached hydrogens (tertiary/aromatic N) is 1. The molecule has 5 nitrogen and oxygen atoms in total. The summed E-state index contributed by atoms with van der Waals surface area (Å²) >= 11 is 0. The third kappa shape index (κ3) is 3.47. The number of aliphatic carboxylic acids is 1. The van der Waals surface area contributed by atoms with Gasteiger partial charge in [0.1, 0.15) is 6.04 Å². The highest BCUT2D eigenvalue weighted by Gasteiger charge is 2.40. The molecule has 0 radical (unpaired) electrons. The predicted molar refractivity (Wildman–Crippen MR) is 69.6 cm³/mol. The van der Waals surface area contributed by atoms with Gasteiger partial charge >= 0.3 is 5.97 Å². The van der Waals surface area contributed by atoms with Crippen LogP contribution >= 0.6 is 0 Å². The summed E-state index contributed by atoms with van der Waals surface area (Å²) in [6, 6.07) is -0.840. The summed E-state index contributed by atoms with van der Waals surface area (Å²) in [5.74, 6) is -1.12. The largest absolute Gasteiger partial charge is 0.480 e. The van der Waals surface area contributed by atoms with Gasteiger partial charge in [0.2, 0.25) is 5.91 Å². The number of carboxylic acids is 1. The summed E-state index contributed by atoms with van der Waals surface area (Å²) in [4.78, 5) is 25.0. The van der Waals surface area contributed by atoms with Gasteiger partial charge in [-0.3, -0.25) is 4.79 Å². The summed E-state index contributed by atoms with van der Waals surface area (Å²) in [5, 5.41) is 18.8. The first kappa shape index (κ1) is 14.3. The van der Waals surface area contributed by atoms with E-state index in [1.807, 2.05) is 0 Å². The molecule has 0 bridgehead atoms. The number of carbonyl (C=O) groups excluding carboxylic acids is 1. The molecule has 1 heterocycles. The molecule has 2 rings (SSSR count). The second-order valence-corrected chi connectivity index (χ2v) is 5.78. The van der Waals surface area contributed by atoms with E-state index in [2.05, 4.69) is 0 Å². The fourth-order valence-electron chi connectivity index (χ4n) is 3.23. The fourth-order valence-corrected chi connectivity index (χ4v) is 3.23. The highest BCUT2D eigenvalue weighted by Crippen LogP contribution is 2.27. The molecule has 0 aromatic rings. The maximum atomic E-state index is 12.5. The Labute approximate surface area is 113 Å². The molecule has 108 valence electrons. The molecule has 1 saturated heterocycles. The molecule has 1 aliphatic carbocycles. The standard InChI is InChI=1S/C14H23NO4/c16-11-8-12(14(18)19)15(9-11)13(17)10-6-4-2-1-3-5-7-10/h10-12,16H,1-9H2,(H,18,19)/t11?,12-/m0/s1. The summed E-state index contributed by atoms with van der Waals surface area (Å²) in [6.07, 6.45) is 6.84. The number of amides is 1. The molecule has 2 atom stereocenters. The number of carboxylic acid groups (broad SMARTS) is 1. The van der Waals surface area contributed by atoms with Crippen LogP contribution in [0.5, 0.6) is 0 Å². The molecule has 1 amide bonds. The first-order valence-corrected chi connectivity index (χ1v) is 7.31. The van der Waals surface area contributed by atoms with Gasteiger partial charge in [0.25, 0.3) is 0 Å². The van der Waals surface area contributed by atoms with Crippen molar-refractivity contribution in [3.63, 3.8) is 0 Å². The molecule has 2 fully saturated rings. The number of hydrogen-bond donors (Lipinski definition) is 2. The van der Waals surface area contributed by atoms with Crippen molar-refractivity contribution >= 4 is 11.9 Å². The maximum absolute atomic E-state index is 12.5. The average Bonchev–Trinajstić information content (AvgIpc) is 2.70.